The maximum atomic E-state index is 11.6. The molecule has 1 N–H and O–H groups in total. The van der Waals surface area contributed by atoms with Crippen LogP contribution < -0.4 is 9.47 Å². The molecule has 0 bridgehead atoms. The predicted octanol–water partition coefficient (Wildman–Crippen LogP) is 5.50. The molecule has 3 aromatic rings. The Labute approximate surface area is 178 Å². The molecule has 5 nitrogen and oxygen atoms in total. The van der Waals surface area contributed by atoms with Crippen LogP contribution in [0, 0.1) is 0 Å². The molecule has 29 heavy (non-hydrogen) atoms. The van der Waals surface area contributed by atoms with Crippen LogP contribution in [-0.4, -0.2) is 29.9 Å². The summed E-state index contributed by atoms with van der Waals surface area (Å²) in [6, 6.07) is 15.4. The van der Waals surface area contributed by atoms with Gasteiger partial charge in [0.1, 0.15) is 0 Å². The van der Waals surface area contributed by atoms with Crippen LogP contribution in [0.2, 0.25) is 5.02 Å². The Bertz CT molecular complexity index is 1060. The number of halogens is 1. The smallest absolute Gasteiger partial charge is 0.304 e. The normalized spacial score (nSPS) is 17.8. The largest absolute Gasteiger partial charge is 0.493 e. The van der Waals surface area contributed by atoms with Crippen molar-refractivity contribution in [3.8, 4) is 17.2 Å². The van der Waals surface area contributed by atoms with E-state index in [1.165, 1.54) is 0 Å². The quantitative estimate of drug-likeness (QED) is 0.580. The molecule has 2 heterocycles. The number of hydrogen-bond donors (Lipinski definition) is 1. The molecule has 0 amide bonds. The van der Waals surface area contributed by atoms with E-state index < -0.39 is 5.97 Å². The molecule has 4 rings (SSSR count). The molecule has 2 aromatic carbocycles. The molecule has 0 saturated carbocycles. The minimum absolute atomic E-state index is 0.0131. The lowest BCUT2D eigenvalue weighted by molar-refractivity contribution is -0.137. The predicted molar refractivity (Wildman–Crippen MR) is 115 cm³/mol. The minimum Gasteiger partial charge on any atom is -0.493 e. The second-order valence-electron chi connectivity index (χ2n) is 6.69. The monoisotopic (exact) mass is 429 g/mol. The van der Waals surface area contributed by atoms with Crippen LogP contribution in [0.15, 0.2) is 54.7 Å². The molecular formula is C22H20ClNO4S. The minimum atomic E-state index is -0.837. The maximum absolute atomic E-state index is 11.6. The van der Waals surface area contributed by atoms with Crippen molar-refractivity contribution < 1.29 is 19.4 Å². The average Bonchev–Trinajstić information content (AvgIpc) is 3.15. The van der Waals surface area contributed by atoms with Gasteiger partial charge in [0, 0.05) is 22.5 Å². The van der Waals surface area contributed by atoms with Crippen molar-refractivity contribution in [2.45, 2.75) is 16.9 Å². The topological polar surface area (TPSA) is 60.7 Å². The third-order valence-corrected chi connectivity index (χ3v) is 6.77. The number of benzene rings is 2. The van der Waals surface area contributed by atoms with Gasteiger partial charge >= 0.3 is 5.97 Å². The first-order valence-electron chi connectivity index (χ1n) is 9.08. The maximum Gasteiger partial charge on any atom is 0.304 e. The van der Waals surface area contributed by atoms with E-state index >= 15 is 0 Å². The van der Waals surface area contributed by atoms with Crippen LogP contribution in [0.1, 0.15) is 33.7 Å². The van der Waals surface area contributed by atoms with Gasteiger partial charge in [-0.15, -0.1) is 11.8 Å². The number of ether oxygens (including phenoxy) is 2. The summed E-state index contributed by atoms with van der Waals surface area (Å²) in [5, 5.41) is 9.74. The van der Waals surface area contributed by atoms with Gasteiger partial charge in [-0.1, -0.05) is 23.7 Å². The number of rotatable bonds is 5. The van der Waals surface area contributed by atoms with Crippen molar-refractivity contribution in [3.63, 3.8) is 0 Å². The third kappa shape index (κ3) is 3.58. The highest BCUT2D eigenvalue weighted by atomic mass is 35.5. The Morgan fingerprint density at radius 3 is 2.69 bits per heavy atom. The summed E-state index contributed by atoms with van der Waals surface area (Å²) in [6.07, 6.45) is 1.97. The Hall–Kier alpha value is -2.57. The van der Waals surface area contributed by atoms with Gasteiger partial charge in [-0.3, -0.25) is 4.79 Å². The van der Waals surface area contributed by atoms with Crippen molar-refractivity contribution in [1.29, 1.82) is 0 Å². The van der Waals surface area contributed by atoms with E-state index in [9.17, 15) is 9.90 Å². The molecule has 1 aromatic heterocycles. The zero-order valence-electron chi connectivity index (χ0n) is 16.0. The van der Waals surface area contributed by atoms with Crippen LogP contribution >= 0.6 is 23.4 Å². The van der Waals surface area contributed by atoms with Crippen LogP contribution in [0.4, 0.5) is 0 Å². The molecule has 7 heteroatoms. The summed E-state index contributed by atoms with van der Waals surface area (Å²) >= 11 is 7.95. The number of aliphatic carboxylic acids is 1. The highest BCUT2D eigenvalue weighted by molar-refractivity contribution is 8.00. The van der Waals surface area contributed by atoms with Crippen molar-refractivity contribution in [1.82, 2.24) is 4.57 Å². The van der Waals surface area contributed by atoms with Crippen molar-refractivity contribution in [3.05, 3.63) is 76.6 Å². The van der Waals surface area contributed by atoms with Crippen molar-refractivity contribution in [2.24, 2.45) is 0 Å². The number of hydrogen-bond acceptors (Lipinski definition) is 4. The fourth-order valence-electron chi connectivity index (χ4n) is 3.81. The Morgan fingerprint density at radius 2 is 1.97 bits per heavy atom. The molecule has 1 aliphatic rings. The van der Waals surface area contributed by atoms with E-state index in [-0.39, 0.29) is 16.9 Å². The number of aromatic nitrogens is 1. The van der Waals surface area contributed by atoms with Gasteiger partial charge in [0.25, 0.3) is 0 Å². The summed E-state index contributed by atoms with van der Waals surface area (Å²) < 4.78 is 13.2. The molecule has 0 aliphatic carbocycles. The van der Waals surface area contributed by atoms with Gasteiger partial charge in [-0.2, -0.15) is 0 Å². The second-order valence-corrected chi connectivity index (χ2v) is 8.44. The van der Waals surface area contributed by atoms with E-state index in [0.29, 0.717) is 16.5 Å². The van der Waals surface area contributed by atoms with Gasteiger partial charge in [0.05, 0.1) is 36.8 Å². The number of carbonyl (C=O) groups is 1. The van der Waals surface area contributed by atoms with Crippen molar-refractivity contribution in [2.75, 3.05) is 14.2 Å². The first kappa shape index (κ1) is 19.7. The van der Waals surface area contributed by atoms with Crippen LogP contribution in [0.3, 0.4) is 0 Å². The zero-order valence-corrected chi connectivity index (χ0v) is 17.5. The average molecular weight is 430 g/mol. The zero-order chi connectivity index (χ0) is 20.5. The highest BCUT2D eigenvalue weighted by Gasteiger charge is 2.33. The van der Waals surface area contributed by atoms with Crippen LogP contribution in [-0.2, 0) is 4.79 Å². The van der Waals surface area contributed by atoms with E-state index in [1.807, 2.05) is 54.7 Å². The fraction of sp³-hybridized carbons (Fsp3) is 0.227. The molecule has 1 aliphatic heterocycles. The lowest BCUT2D eigenvalue weighted by Gasteiger charge is -2.23. The third-order valence-electron chi connectivity index (χ3n) is 5.02. The summed E-state index contributed by atoms with van der Waals surface area (Å²) in [5.74, 6) is 0.433. The number of para-hydroxylation sites is 1. The molecule has 0 radical (unpaired) electrons. The van der Waals surface area contributed by atoms with Gasteiger partial charge < -0.3 is 19.1 Å². The van der Waals surface area contributed by atoms with Gasteiger partial charge in [0.2, 0.25) is 0 Å². The lowest BCUT2D eigenvalue weighted by atomic mass is 10.0. The van der Waals surface area contributed by atoms with E-state index in [0.717, 1.165) is 22.5 Å². The molecular weight excluding hydrogens is 410 g/mol. The van der Waals surface area contributed by atoms with Crippen molar-refractivity contribution >= 4 is 29.3 Å². The number of carboxylic acids is 1. The Kier molecular flexibility index (Phi) is 5.48. The van der Waals surface area contributed by atoms with Gasteiger partial charge in [-0.05, 0) is 42.0 Å². The summed E-state index contributed by atoms with van der Waals surface area (Å²) in [6.45, 7) is 0. The first-order chi connectivity index (χ1) is 14.0. The fourth-order valence-corrected chi connectivity index (χ4v) is 5.56. The molecule has 0 fully saturated rings. The van der Waals surface area contributed by atoms with E-state index in [1.54, 1.807) is 26.0 Å². The number of methoxy groups -OCH3 is 2. The summed E-state index contributed by atoms with van der Waals surface area (Å²) in [5.41, 5.74) is 3.84. The SMILES string of the molecule is COc1cccc([C@H]2S[C@H](CC(=O)O)c3cccn3-c3ccc(Cl)cc32)c1OC. The van der Waals surface area contributed by atoms with Gasteiger partial charge in [-0.25, -0.2) is 0 Å². The second kappa shape index (κ2) is 8.05. The number of nitrogens with zero attached hydrogens (tertiary/aromatic N) is 1. The van der Waals surface area contributed by atoms with E-state index in [2.05, 4.69) is 4.57 Å². The van der Waals surface area contributed by atoms with Crippen LogP contribution in [0.5, 0.6) is 11.5 Å². The first-order valence-corrected chi connectivity index (χ1v) is 10.4. The molecule has 0 spiro atoms. The lowest BCUT2D eigenvalue weighted by Crippen LogP contribution is -2.07. The molecule has 0 unspecified atom stereocenters. The Morgan fingerprint density at radius 1 is 1.14 bits per heavy atom. The van der Waals surface area contributed by atoms with E-state index in [4.69, 9.17) is 21.1 Å². The summed E-state index contributed by atoms with van der Waals surface area (Å²) in [4.78, 5) is 11.6. The Balaban J connectivity index is 1.96. The highest BCUT2D eigenvalue weighted by Crippen LogP contribution is 2.54. The summed E-state index contributed by atoms with van der Waals surface area (Å²) in [7, 11) is 3.21. The molecule has 2 atom stereocenters. The number of fused-ring (bicyclic) bond motifs is 3. The number of carboxylic acid groups (broad SMARTS) is 1. The number of thioether (sulfide) groups is 1. The standard InChI is InChI=1S/C22H20ClNO4S/c1-27-18-7-3-5-14(21(18)28-2)22-15-11-13(23)8-9-16(15)24-10-4-6-17(24)19(29-22)12-20(25)26/h3-11,19,22H,12H2,1-2H3,(H,25,26)/t19-,22-/m1/s1. The molecule has 150 valence electrons. The van der Waals surface area contributed by atoms with Crippen LogP contribution in [0.25, 0.3) is 5.69 Å². The molecule has 0 saturated heterocycles. The van der Waals surface area contributed by atoms with Gasteiger partial charge in [0.15, 0.2) is 11.5 Å².